The lowest BCUT2D eigenvalue weighted by Gasteiger charge is -2.36. The normalized spacial score (nSPS) is 15.5. The van der Waals surface area contributed by atoms with E-state index < -0.39 is 29.0 Å². The van der Waals surface area contributed by atoms with Gasteiger partial charge in [-0.25, -0.2) is 0 Å². The number of aromatic nitrogens is 1. The van der Waals surface area contributed by atoms with Gasteiger partial charge < -0.3 is 5.11 Å². The van der Waals surface area contributed by atoms with Crippen LogP contribution >= 0.6 is 0 Å². The molecule has 0 aliphatic rings. The Labute approximate surface area is 116 Å². The van der Waals surface area contributed by atoms with Crippen molar-refractivity contribution in [1.82, 2.24) is 4.98 Å². The second kappa shape index (κ2) is 5.07. The summed E-state index contributed by atoms with van der Waals surface area (Å²) in [6.45, 7) is 0. The zero-order chi connectivity index (χ0) is 15.7. The Kier molecular flexibility index (Phi) is 3.71. The van der Waals surface area contributed by atoms with Gasteiger partial charge in [-0.3, -0.25) is 4.98 Å². The van der Waals surface area contributed by atoms with Crippen molar-refractivity contribution in [2.45, 2.75) is 17.7 Å². The number of nitrogens with zero attached hydrogens (tertiary/aromatic N) is 1. The van der Waals surface area contributed by atoms with Gasteiger partial charge in [0.1, 0.15) is 0 Å². The fourth-order valence-electron chi connectivity index (χ4n) is 1.95. The van der Waals surface area contributed by atoms with E-state index in [0.29, 0.717) is 0 Å². The summed E-state index contributed by atoms with van der Waals surface area (Å²) in [6, 6.07) is 9.44. The first-order valence-corrected chi connectivity index (χ1v) is 5.85. The van der Waals surface area contributed by atoms with Gasteiger partial charge in [0.2, 0.25) is 5.60 Å². The number of pyridine rings is 1. The standard InChI is InChI=1S/C14H10F5NO/c15-13(16,14(17,18)19)12(21,10-6-2-1-3-7-10)11-8-4-5-9-20-11/h1-9,21H. The number of benzene rings is 1. The van der Waals surface area contributed by atoms with Gasteiger partial charge in [0, 0.05) is 6.20 Å². The van der Waals surface area contributed by atoms with E-state index in [2.05, 4.69) is 4.98 Å². The predicted molar refractivity (Wildman–Crippen MR) is 64.7 cm³/mol. The number of alkyl halides is 5. The van der Waals surface area contributed by atoms with Crippen LogP contribution in [0.1, 0.15) is 11.3 Å². The molecule has 0 saturated heterocycles. The summed E-state index contributed by atoms with van der Waals surface area (Å²) in [5, 5.41) is 10.3. The van der Waals surface area contributed by atoms with E-state index in [1.807, 2.05) is 0 Å². The van der Waals surface area contributed by atoms with Crippen LogP contribution in [0.5, 0.6) is 0 Å². The molecule has 0 amide bonds. The van der Waals surface area contributed by atoms with Gasteiger partial charge in [-0.2, -0.15) is 22.0 Å². The van der Waals surface area contributed by atoms with Crippen LogP contribution in [0.25, 0.3) is 0 Å². The number of halogens is 5. The highest BCUT2D eigenvalue weighted by atomic mass is 19.4. The topological polar surface area (TPSA) is 33.1 Å². The van der Waals surface area contributed by atoms with Gasteiger partial charge in [-0.05, 0) is 17.7 Å². The minimum absolute atomic E-state index is 0.592. The monoisotopic (exact) mass is 303 g/mol. The van der Waals surface area contributed by atoms with Gasteiger partial charge in [0.05, 0.1) is 5.69 Å². The molecule has 0 aliphatic heterocycles. The van der Waals surface area contributed by atoms with E-state index in [-0.39, 0.29) is 0 Å². The van der Waals surface area contributed by atoms with E-state index in [1.165, 1.54) is 30.3 Å². The Morgan fingerprint density at radius 3 is 1.86 bits per heavy atom. The minimum Gasteiger partial charge on any atom is -0.373 e. The molecule has 1 aromatic carbocycles. The Hall–Kier alpha value is -2.02. The molecule has 0 aliphatic carbocycles. The van der Waals surface area contributed by atoms with E-state index in [9.17, 15) is 27.1 Å². The van der Waals surface area contributed by atoms with Crippen molar-refractivity contribution in [3.8, 4) is 0 Å². The first kappa shape index (κ1) is 15.4. The molecule has 2 aromatic rings. The summed E-state index contributed by atoms with van der Waals surface area (Å²) in [7, 11) is 0. The summed E-state index contributed by atoms with van der Waals surface area (Å²) < 4.78 is 66.2. The third-order valence-corrected chi connectivity index (χ3v) is 3.04. The molecule has 112 valence electrons. The Bertz CT molecular complexity index is 558. The molecule has 21 heavy (non-hydrogen) atoms. The lowest BCUT2D eigenvalue weighted by Crippen LogP contribution is -2.56. The third-order valence-electron chi connectivity index (χ3n) is 3.04. The first-order chi connectivity index (χ1) is 9.71. The van der Waals surface area contributed by atoms with Crippen LogP contribution in [0.2, 0.25) is 0 Å². The fourth-order valence-corrected chi connectivity index (χ4v) is 1.95. The third kappa shape index (κ3) is 2.37. The smallest absolute Gasteiger partial charge is 0.373 e. The zero-order valence-corrected chi connectivity index (χ0v) is 10.5. The molecule has 0 radical (unpaired) electrons. The lowest BCUT2D eigenvalue weighted by atomic mass is 9.83. The van der Waals surface area contributed by atoms with Crippen LogP contribution in [0, 0.1) is 0 Å². The van der Waals surface area contributed by atoms with E-state index >= 15 is 0 Å². The first-order valence-electron chi connectivity index (χ1n) is 5.85. The molecule has 1 N–H and O–H groups in total. The van der Waals surface area contributed by atoms with Crippen molar-refractivity contribution >= 4 is 0 Å². The maximum atomic E-state index is 13.9. The highest BCUT2D eigenvalue weighted by Gasteiger charge is 2.71. The molecule has 0 bridgehead atoms. The summed E-state index contributed by atoms with van der Waals surface area (Å²) in [6.07, 6.45) is -4.90. The Balaban J connectivity index is 2.73. The van der Waals surface area contributed by atoms with Crippen molar-refractivity contribution in [3.05, 3.63) is 66.0 Å². The highest BCUT2D eigenvalue weighted by molar-refractivity contribution is 5.36. The molecule has 1 aromatic heterocycles. The van der Waals surface area contributed by atoms with Gasteiger partial charge in [0.25, 0.3) is 0 Å². The van der Waals surface area contributed by atoms with Crippen LogP contribution < -0.4 is 0 Å². The maximum Gasteiger partial charge on any atom is 0.457 e. The molecule has 2 rings (SSSR count). The lowest BCUT2D eigenvalue weighted by molar-refractivity contribution is -0.337. The number of aliphatic hydroxyl groups is 1. The molecular weight excluding hydrogens is 293 g/mol. The quantitative estimate of drug-likeness (QED) is 0.880. The molecule has 1 unspecified atom stereocenters. The van der Waals surface area contributed by atoms with Gasteiger partial charge in [-0.1, -0.05) is 36.4 Å². The van der Waals surface area contributed by atoms with Gasteiger partial charge in [-0.15, -0.1) is 0 Å². The predicted octanol–water partition coefficient (Wildman–Crippen LogP) is 3.52. The highest BCUT2D eigenvalue weighted by Crippen LogP contribution is 2.51. The van der Waals surface area contributed by atoms with Crippen LogP contribution in [-0.2, 0) is 5.60 Å². The summed E-state index contributed by atoms with van der Waals surface area (Å²) in [5.41, 5.74) is -4.97. The molecule has 0 saturated carbocycles. The second-order valence-electron chi connectivity index (χ2n) is 4.36. The van der Waals surface area contributed by atoms with Crippen molar-refractivity contribution in [2.24, 2.45) is 0 Å². The average molecular weight is 303 g/mol. The van der Waals surface area contributed by atoms with Gasteiger partial charge >= 0.3 is 12.1 Å². The maximum absolute atomic E-state index is 13.9. The van der Waals surface area contributed by atoms with Crippen molar-refractivity contribution in [1.29, 1.82) is 0 Å². The molecule has 0 fully saturated rings. The zero-order valence-electron chi connectivity index (χ0n) is 10.5. The average Bonchev–Trinajstić information content (AvgIpc) is 2.47. The number of hydrogen-bond acceptors (Lipinski definition) is 2. The van der Waals surface area contributed by atoms with Crippen LogP contribution in [-0.4, -0.2) is 22.2 Å². The Morgan fingerprint density at radius 1 is 0.810 bits per heavy atom. The summed E-state index contributed by atoms with van der Waals surface area (Å²) in [4.78, 5) is 3.48. The van der Waals surface area contributed by atoms with E-state index in [1.54, 1.807) is 0 Å². The minimum atomic E-state index is -5.94. The SMILES string of the molecule is OC(c1ccccc1)(c1ccccn1)C(F)(F)C(F)(F)F. The molecule has 7 heteroatoms. The van der Waals surface area contributed by atoms with Crippen LogP contribution in [0.15, 0.2) is 54.7 Å². The molecule has 0 spiro atoms. The van der Waals surface area contributed by atoms with Crippen LogP contribution in [0.3, 0.4) is 0 Å². The van der Waals surface area contributed by atoms with Crippen LogP contribution in [0.4, 0.5) is 22.0 Å². The number of rotatable bonds is 3. The van der Waals surface area contributed by atoms with Gasteiger partial charge in [0.15, 0.2) is 0 Å². The molecule has 1 heterocycles. The van der Waals surface area contributed by atoms with E-state index in [4.69, 9.17) is 0 Å². The molecule has 2 nitrogen and oxygen atoms in total. The van der Waals surface area contributed by atoms with Crippen molar-refractivity contribution in [2.75, 3.05) is 0 Å². The molecular formula is C14H10F5NO. The fraction of sp³-hybridized carbons (Fsp3) is 0.214. The summed E-state index contributed by atoms with van der Waals surface area (Å²) >= 11 is 0. The number of hydrogen-bond donors (Lipinski definition) is 1. The Morgan fingerprint density at radius 2 is 1.38 bits per heavy atom. The summed E-state index contributed by atoms with van der Waals surface area (Å²) in [5.74, 6) is -5.41. The van der Waals surface area contributed by atoms with Crippen molar-refractivity contribution < 1.29 is 27.1 Å². The van der Waals surface area contributed by atoms with Crippen molar-refractivity contribution in [3.63, 3.8) is 0 Å². The second-order valence-corrected chi connectivity index (χ2v) is 4.36. The van der Waals surface area contributed by atoms with E-state index in [0.717, 1.165) is 24.4 Å². The molecule has 1 atom stereocenters. The largest absolute Gasteiger partial charge is 0.457 e.